The Morgan fingerprint density at radius 3 is 2.40 bits per heavy atom. The number of carbonyl (C=O) groups excluding carboxylic acids is 2. The van der Waals surface area contributed by atoms with Crippen molar-refractivity contribution in [2.24, 2.45) is 0 Å². The summed E-state index contributed by atoms with van der Waals surface area (Å²) in [5, 5.41) is 7.02. The molecule has 0 saturated heterocycles. The Kier molecular flexibility index (Phi) is 5.25. The predicted octanol–water partition coefficient (Wildman–Crippen LogP) is 2.31. The number of nitrogens with zero attached hydrogens (tertiary/aromatic N) is 3. The van der Waals surface area contributed by atoms with Gasteiger partial charge in [-0.15, -0.1) is 0 Å². The largest absolute Gasteiger partial charge is 0.350 e. The molecule has 7 heteroatoms. The number of halogens is 1. The van der Waals surface area contributed by atoms with Crippen LogP contribution in [0.15, 0.2) is 30.5 Å². The van der Waals surface area contributed by atoms with Crippen LogP contribution in [0.2, 0.25) is 0 Å². The third-order valence-electron chi connectivity index (χ3n) is 3.55. The minimum absolute atomic E-state index is 0.0444. The first-order valence-electron chi connectivity index (χ1n) is 7.95. The van der Waals surface area contributed by atoms with Gasteiger partial charge in [0.25, 0.3) is 5.91 Å². The molecule has 0 aliphatic heterocycles. The second-order valence-corrected chi connectivity index (χ2v) is 6.99. The highest BCUT2D eigenvalue weighted by Crippen LogP contribution is 2.16. The van der Waals surface area contributed by atoms with Crippen LogP contribution in [0, 0.1) is 12.7 Å². The van der Waals surface area contributed by atoms with Gasteiger partial charge >= 0.3 is 0 Å². The Morgan fingerprint density at radius 1 is 1.24 bits per heavy atom. The minimum atomic E-state index is -0.357. The van der Waals surface area contributed by atoms with Crippen LogP contribution in [0.4, 0.5) is 4.39 Å². The number of benzene rings is 1. The summed E-state index contributed by atoms with van der Waals surface area (Å²) in [5.41, 5.74) is 1.32. The molecule has 1 heterocycles. The van der Waals surface area contributed by atoms with Crippen molar-refractivity contribution in [3.05, 3.63) is 47.5 Å². The fourth-order valence-corrected chi connectivity index (χ4v) is 2.41. The summed E-state index contributed by atoms with van der Waals surface area (Å²) in [6.07, 6.45) is 1.46. The average Bonchev–Trinajstić information content (AvgIpc) is 2.87. The lowest BCUT2D eigenvalue weighted by atomic mass is 10.1. The van der Waals surface area contributed by atoms with E-state index < -0.39 is 0 Å². The number of nitrogens with one attached hydrogen (secondary N) is 1. The molecule has 0 aliphatic carbocycles. The van der Waals surface area contributed by atoms with E-state index in [2.05, 4.69) is 10.4 Å². The van der Waals surface area contributed by atoms with E-state index in [1.165, 1.54) is 23.2 Å². The molecule has 1 N–H and O–H groups in total. The zero-order valence-electron chi connectivity index (χ0n) is 15.1. The van der Waals surface area contributed by atoms with E-state index in [9.17, 15) is 14.0 Å². The summed E-state index contributed by atoms with van der Waals surface area (Å²) in [6.45, 7) is 7.35. The van der Waals surface area contributed by atoms with Crippen molar-refractivity contribution in [3.8, 4) is 5.69 Å². The number of likely N-dealkylation sites (N-methyl/N-ethyl adjacent to an activating group) is 1. The molecule has 0 spiro atoms. The van der Waals surface area contributed by atoms with Crippen LogP contribution in [-0.4, -0.2) is 45.6 Å². The fraction of sp³-hybridized carbons (Fsp3) is 0.389. The van der Waals surface area contributed by atoms with E-state index >= 15 is 0 Å². The molecule has 0 atom stereocenters. The summed E-state index contributed by atoms with van der Waals surface area (Å²) < 4.78 is 14.6. The molecule has 6 nitrogen and oxygen atoms in total. The highest BCUT2D eigenvalue weighted by Gasteiger charge is 2.22. The molecule has 0 unspecified atom stereocenters. The first-order valence-corrected chi connectivity index (χ1v) is 7.95. The van der Waals surface area contributed by atoms with Gasteiger partial charge in [0.15, 0.2) is 0 Å². The Bertz CT molecular complexity index is 775. The van der Waals surface area contributed by atoms with Gasteiger partial charge in [0.05, 0.1) is 29.7 Å². The lowest BCUT2D eigenvalue weighted by Crippen LogP contribution is -2.46. The summed E-state index contributed by atoms with van der Waals surface area (Å²) in [5.74, 6) is -0.865. The maximum absolute atomic E-state index is 13.1. The number of amides is 2. The van der Waals surface area contributed by atoms with Gasteiger partial charge in [-0.25, -0.2) is 9.07 Å². The SMILES string of the molecule is Cc1c(C(=O)N(C)CC(=O)NC(C)(C)C)cnn1-c1ccc(F)cc1. The Balaban J connectivity index is 2.15. The highest BCUT2D eigenvalue weighted by atomic mass is 19.1. The number of rotatable bonds is 4. The molecule has 134 valence electrons. The van der Waals surface area contributed by atoms with Gasteiger partial charge in [0, 0.05) is 12.6 Å². The molecule has 2 rings (SSSR count). The normalized spacial score (nSPS) is 11.3. The monoisotopic (exact) mass is 346 g/mol. The third kappa shape index (κ3) is 4.65. The fourth-order valence-electron chi connectivity index (χ4n) is 2.41. The van der Waals surface area contributed by atoms with Crippen molar-refractivity contribution < 1.29 is 14.0 Å². The Hall–Kier alpha value is -2.70. The quantitative estimate of drug-likeness (QED) is 0.924. The highest BCUT2D eigenvalue weighted by molar-refractivity contribution is 5.97. The summed E-state index contributed by atoms with van der Waals surface area (Å²) >= 11 is 0. The van der Waals surface area contributed by atoms with E-state index in [1.807, 2.05) is 20.8 Å². The van der Waals surface area contributed by atoms with Crippen LogP contribution >= 0.6 is 0 Å². The molecule has 0 radical (unpaired) electrons. The molecule has 2 amide bonds. The van der Waals surface area contributed by atoms with Crippen LogP contribution < -0.4 is 5.32 Å². The van der Waals surface area contributed by atoms with Crippen LogP contribution in [0.1, 0.15) is 36.8 Å². The molecule has 0 saturated carbocycles. The summed E-state index contributed by atoms with van der Waals surface area (Å²) in [7, 11) is 1.57. The van der Waals surface area contributed by atoms with Gasteiger partial charge in [-0.2, -0.15) is 5.10 Å². The van der Waals surface area contributed by atoms with E-state index in [1.54, 1.807) is 30.8 Å². The van der Waals surface area contributed by atoms with Crippen molar-refractivity contribution in [3.63, 3.8) is 0 Å². The molecule has 25 heavy (non-hydrogen) atoms. The van der Waals surface area contributed by atoms with Crippen molar-refractivity contribution >= 4 is 11.8 Å². The molecule has 1 aromatic carbocycles. The minimum Gasteiger partial charge on any atom is -0.350 e. The zero-order valence-corrected chi connectivity index (χ0v) is 15.1. The maximum atomic E-state index is 13.1. The smallest absolute Gasteiger partial charge is 0.257 e. The van der Waals surface area contributed by atoms with Crippen molar-refractivity contribution in [2.75, 3.05) is 13.6 Å². The molecule has 1 aromatic heterocycles. The average molecular weight is 346 g/mol. The van der Waals surface area contributed by atoms with E-state index in [-0.39, 0.29) is 29.7 Å². The molecule has 0 bridgehead atoms. The Labute approximate surface area is 146 Å². The summed E-state index contributed by atoms with van der Waals surface area (Å²) in [6, 6.07) is 5.84. The van der Waals surface area contributed by atoms with Gasteiger partial charge in [-0.1, -0.05) is 0 Å². The maximum Gasteiger partial charge on any atom is 0.257 e. The standard InChI is InChI=1S/C18H23FN4O2/c1-12-15(10-20-23(12)14-8-6-13(19)7-9-14)17(25)22(5)11-16(24)21-18(2,3)4/h6-10H,11H2,1-5H3,(H,21,24). The summed E-state index contributed by atoms with van der Waals surface area (Å²) in [4.78, 5) is 25.9. The van der Waals surface area contributed by atoms with Crippen LogP contribution in [-0.2, 0) is 4.79 Å². The van der Waals surface area contributed by atoms with Gasteiger partial charge < -0.3 is 10.2 Å². The van der Waals surface area contributed by atoms with E-state index in [0.29, 0.717) is 16.9 Å². The molecule has 0 aliphatic rings. The van der Waals surface area contributed by atoms with Crippen molar-refractivity contribution in [1.29, 1.82) is 0 Å². The molecule has 0 fully saturated rings. The van der Waals surface area contributed by atoms with Gasteiger partial charge in [0.2, 0.25) is 5.91 Å². The van der Waals surface area contributed by atoms with E-state index in [4.69, 9.17) is 0 Å². The number of aromatic nitrogens is 2. The zero-order chi connectivity index (χ0) is 18.8. The second-order valence-electron chi connectivity index (χ2n) is 6.99. The topological polar surface area (TPSA) is 67.2 Å². The van der Waals surface area contributed by atoms with Gasteiger partial charge in [-0.05, 0) is 52.0 Å². The number of hydrogen-bond donors (Lipinski definition) is 1. The third-order valence-corrected chi connectivity index (χ3v) is 3.55. The Morgan fingerprint density at radius 2 is 1.84 bits per heavy atom. The van der Waals surface area contributed by atoms with Gasteiger partial charge in [-0.3, -0.25) is 9.59 Å². The molecular weight excluding hydrogens is 323 g/mol. The lowest BCUT2D eigenvalue weighted by Gasteiger charge is -2.23. The van der Waals surface area contributed by atoms with Crippen LogP contribution in [0.25, 0.3) is 5.69 Å². The molecule has 2 aromatic rings. The first kappa shape index (κ1) is 18.6. The van der Waals surface area contributed by atoms with Crippen molar-refractivity contribution in [1.82, 2.24) is 20.0 Å². The van der Waals surface area contributed by atoms with Crippen molar-refractivity contribution in [2.45, 2.75) is 33.2 Å². The first-order chi connectivity index (χ1) is 11.6. The van der Waals surface area contributed by atoms with Crippen LogP contribution in [0.3, 0.4) is 0 Å². The lowest BCUT2D eigenvalue weighted by molar-refractivity contribution is -0.122. The second kappa shape index (κ2) is 7.04. The molecular formula is C18H23FN4O2. The predicted molar refractivity (Wildman–Crippen MR) is 93.1 cm³/mol. The van der Waals surface area contributed by atoms with E-state index in [0.717, 1.165) is 0 Å². The van der Waals surface area contributed by atoms with Gasteiger partial charge in [0.1, 0.15) is 5.82 Å². The van der Waals surface area contributed by atoms with Crippen LogP contribution in [0.5, 0.6) is 0 Å². The number of carbonyl (C=O) groups is 2. The number of hydrogen-bond acceptors (Lipinski definition) is 3.